The van der Waals surface area contributed by atoms with Crippen LogP contribution >= 0.6 is 0 Å². The quantitative estimate of drug-likeness (QED) is 0.779. The molecule has 1 aromatic heterocycles. The van der Waals surface area contributed by atoms with E-state index in [4.69, 9.17) is 0 Å². The van der Waals surface area contributed by atoms with E-state index in [0.29, 0.717) is 5.39 Å². The molecule has 1 N–H and O–H groups in total. The molecule has 1 aliphatic heterocycles. The van der Waals surface area contributed by atoms with Crippen LogP contribution in [0.1, 0.15) is 5.69 Å². The van der Waals surface area contributed by atoms with Gasteiger partial charge in [0.1, 0.15) is 6.54 Å². The third kappa shape index (κ3) is 2.74. The molecule has 0 aliphatic carbocycles. The van der Waals surface area contributed by atoms with Gasteiger partial charge in [0.15, 0.2) is 0 Å². The number of quaternary nitrogens is 1. The zero-order valence-corrected chi connectivity index (χ0v) is 13.0. The van der Waals surface area contributed by atoms with E-state index in [0.717, 1.165) is 37.3 Å². The maximum atomic E-state index is 12.5. The molecule has 1 amide bonds. The van der Waals surface area contributed by atoms with E-state index in [1.165, 1.54) is 9.58 Å². The van der Waals surface area contributed by atoms with E-state index in [2.05, 4.69) is 12.1 Å². The molecule has 0 atom stereocenters. The second-order valence-electron chi connectivity index (χ2n) is 5.93. The summed E-state index contributed by atoms with van der Waals surface area (Å²) in [5.41, 5.74) is 0.570. The number of rotatable bonds is 2. The number of benzene rings is 1. The van der Waals surface area contributed by atoms with Crippen molar-refractivity contribution in [3.8, 4) is 0 Å². The summed E-state index contributed by atoms with van der Waals surface area (Å²) in [5, 5.41) is 5.77. The molecule has 2 aromatic rings. The van der Waals surface area contributed by atoms with Crippen molar-refractivity contribution >= 4 is 16.7 Å². The summed E-state index contributed by atoms with van der Waals surface area (Å²) in [7, 11) is 2.13. The molecule has 2 heterocycles. The van der Waals surface area contributed by atoms with Crippen molar-refractivity contribution in [1.82, 2.24) is 14.7 Å². The van der Waals surface area contributed by atoms with E-state index < -0.39 is 0 Å². The molecule has 1 saturated heterocycles. The maximum absolute atomic E-state index is 12.5. The minimum absolute atomic E-state index is 0.0174. The molecule has 0 radical (unpaired) electrons. The van der Waals surface area contributed by atoms with Gasteiger partial charge in [-0.05, 0) is 13.0 Å². The van der Waals surface area contributed by atoms with E-state index in [-0.39, 0.29) is 18.0 Å². The SMILES string of the molecule is Cc1nn(CC(=O)N2CC[NH+](C)CC2)c(=O)c2ccccc12. The Morgan fingerprint density at radius 3 is 2.55 bits per heavy atom. The van der Waals surface area contributed by atoms with Crippen LogP contribution in [-0.2, 0) is 11.3 Å². The molecule has 0 unspecified atom stereocenters. The lowest BCUT2D eigenvalue weighted by molar-refractivity contribution is -0.883. The number of piperazine rings is 1. The van der Waals surface area contributed by atoms with Gasteiger partial charge in [-0.2, -0.15) is 5.10 Å². The van der Waals surface area contributed by atoms with Gasteiger partial charge in [-0.15, -0.1) is 0 Å². The first kappa shape index (κ1) is 14.7. The summed E-state index contributed by atoms with van der Waals surface area (Å²) in [4.78, 5) is 28.1. The highest BCUT2D eigenvalue weighted by Gasteiger charge is 2.22. The first-order chi connectivity index (χ1) is 10.6. The molecular formula is C16H21N4O2+. The predicted octanol–water partition coefficient (Wildman–Crippen LogP) is -0.938. The highest BCUT2D eigenvalue weighted by Crippen LogP contribution is 2.11. The van der Waals surface area contributed by atoms with Crippen LogP contribution in [0.3, 0.4) is 0 Å². The number of aromatic nitrogens is 2. The molecule has 1 aromatic carbocycles. The smallest absolute Gasteiger partial charge is 0.275 e. The van der Waals surface area contributed by atoms with Crippen molar-refractivity contribution in [2.45, 2.75) is 13.5 Å². The summed E-state index contributed by atoms with van der Waals surface area (Å²) < 4.78 is 1.30. The van der Waals surface area contributed by atoms with Gasteiger partial charge in [0.25, 0.3) is 5.56 Å². The molecule has 1 aliphatic rings. The van der Waals surface area contributed by atoms with Crippen LogP contribution in [0.4, 0.5) is 0 Å². The predicted molar refractivity (Wildman–Crippen MR) is 83.9 cm³/mol. The summed E-state index contributed by atoms with van der Waals surface area (Å²) in [6, 6.07) is 7.39. The summed E-state index contributed by atoms with van der Waals surface area (Å²) >= 11 is 0. The normalized spacial score (nSPS) is 16.2. The lowest BCUT2D eigenvalue weighted by atomic mass is 10.1. The van der Waals surface area contributed by atoms with Crippen LogP contribution in [0, 0.1) is 6.92 Å². The minimum Gasteiger partial charge on any atom is -0.334 e. The fraction of sp³-hybridized carbons (Fsp3) is 0.438. The Kier molecular flexibility index (Phi) is 3.94. The first-order valence-electron chi connectivity index (χ1n) is 7.62. The number of carbonyl (C=O) groups excluding carboxylic acids is 1. The number of nitrogens with one attached hydrogen (secondary N) is 1. The Balaban J connectivity index is 1.86. The lowest BCUT2D eigenvalue weighted by Crippen LogP contribution is -3.12. The fourth-order valence-electron chi connectivity index (χ4n) is 2.88. The van der Waals surface area contributed by atoms with E-state index in [1.54, 1.807) is 6.07 Å². The topological polar surface area (TPSA) is 59.6 Å². The van der Waals surface area contributed by atoms with Crippen LogP contribution in [-0.4, -0.2) is 53.8 Å². The van der Waals surface area contributed by atoms with Gasteiger partial charge >= 0.3 is 0 Å². The number of amides is 1. The van der Waals surface area contributed by atoms with Crippen molar-refractivity contribution in [2.75, 3.05) is 33.2 Å². The van der Waals surface area contributed by atoms with Crippen molar-refractivity contribution in [3.05, 3.63) is 40.3 Å². The second-order valence-corrected chi connectivity index (χ2v) is 5.93. The Bertz CT molecular complexity index is 760. The zero-order valence-electron chi connectivity index (χ0n) is 13.0. The molecule has 22 heavy (non-hydrogen) atoms. The van der Waals surface area contributed by atoms with Gasteiger partial charge in [-0.3, -0.25) is 9.59 Å². The number of carbonyl (C=O) groups is 1. The van der Waals surface area contributed by atoms with Crippen molar-refractivity contribution in [2.24, 2.45) is 0 Å². The molecule has 3 rings (SSSR count). The Morgan fingerprint density at radius 1 is 1.23 bits per heavy atom. The van der Waals surface area contributed by atoms with E-state index in [9.17, 15) is 9.59 Å². The van der Waals surface area contributed by atoms with Crippen LogP contribution < -0.4 is 10.5 Å². The molecular weight excluding hydrogens is 280 g/mol. The monoisotopic (exact) mass is 301 g/mol. The molecule has 0 spiro atoms. The van der Waals surface area contributed by atoms with Crippen LogP contribution in [0.25, 0.3) is 10.8 Å². The van der Waals surface area contributed by atoms with E-state index >= 15 is 0 Å². The van der Waals surface area contributed by atoms with Gasteiger partial charge in [0.05, 0.1) is 44.3 Å². The van der Waals surface area contributed by atoms with Crippen molar-refractivity contribution in [1.29, 1.82) is 0 Å². The number of aryl methyl sites for hydroxylation is 1. The maximum Gasteiger partial charge on any atom is 0.275 e. The molecule has 1 fully saturated rings. The third-order valence-corrected chi connectivity index (χ3v) is 4.31. The molecule has 0 bridgehead atoms. The standard InChI is InChI=1S/C16H20N4O2/c1-12-13-5-3-4-6-14(13)16(22)20(17-12)11-15(21)19-9-7-18(2)8-10-19/h3-6H,7-11H2,1-2H3/p+1. The second kappa shape index (κ2) is 5.88. The Morgan fingerprint density at radius 2 is 1.86 bits per heavy atom. The number of likely N-dealkylation sites (N-methyl/N-ethyl adjacent to an activating group) is 1. The first-order valence-corrected chi connectivity index (χ1v) is 7.62. The number of hydrogen-bond donors (Lipinski definition) is 1. The lowest BCUT2D eigenvalue weighted by Gasteiger charge is -2.30. The highest BCUT2D eigenvalue weighted by atomic mass is 16.2. The van der Waals surface area contributed by atoms with Crippen LogP contribution in [0.5, 0.6) is 0 Å². The molecule has 6 heteroatoms. The van der Waals surface area contributed by atoms with Gasteiger partial charge in [0, 0.05) is 5.39 Å². The average molecular weight is 301 g/mol. The average Bonchev–Trinajstić information content (AvgIpc) is 2.53. The zero-order chi connectivity index (χ0) is 15.7. The number of hydrogen-bond acceptors (Lipinski definition) is 3. The fourth-order valence-corrected chi connectivity index (χ4v) is 2.88. The van der Waals surface area contributed by atoms with Gasteiger partial charge < -0.3 is 9.80 Å². The summed E-state index contributed by atoms with van der Waals surface area (Å²) in [5.74, 6) is -0.0308. The van der Waals surface area contributed by atoms with Crippen molar-refractivity contribution in [3.63, 3.8) is 0 Å². The minimum atomic E-state index is -0.200. The van der Waals surface area contributed by atoms with Crippen molar-refractivity contribution < 1.29 is 9.69 Å². The Labute approximate surface area is 128 Å². The molecule has 0 saturated carbocycles. The van der Waals surface area contributed by atoms with Gasteiger partial charge in [-0.1, -0.05) is 18.2 Å². The largest absolute Gasteiger partial charge is 0.334 e. The van der Waals surface area contributed by atoms with Gasteiger partial charge in [0.2, 0.25) is 5.91 Å². The number of fused-ring (bicyclic) bond motifs is 1. The summed E-state index contributed by atoms with van der Waals surface area (Å²) in [6.45, 7) is 5.26. The third-order valence-electron chi connectivity index (χ3n) is 4.31. The van der Waals surface area contributed by atoms with Crippen LogP contribution in [0.2, 0.25) is 0 Å². The van der Waals surface area contributed by atoms with Crippen LogP contribution in [0.15, 0.2) is 29.1 Å². The van der Waals surface area contributed by atoms with Gasteiger partial charge in [-0.25, -0.2) is 4.68 Å². The molecule has 6 nitrogen and oxygen atoms in total. The Hall–Kier alpha value is -2.21. The highest BCUT2D eigenvalue weighted by molar-refractivity contribution is 5.83. The summed E-state index contributed by atoms with van der Waals surface area (Å²) in [6.07, 6.45) is 0. The number of nitrogens with zero attached hydrogens (tertiary/aromatic N) is 3. The van der Waals surface area contributed by atoms with E-state index in [1.807, 2.05) is 30.0 Å². The molecule has 116 valence electrons.